The molecule has 3 aromatic rings. The Kier molecular flexibility index (Phi) is 7.09. The number of piperidine rings is 1. The molecule has 0 unspecified atom stereocenters. The van der Waals surface area contributed by atoms with Gasteiger partial charge in [0, 0.05) is 24.2 Å². The van der Waals surface area contributed by atoms with E-state index in [4.69, 9.17) is 0 Å². The van der Waals surface area contributed by atoms with Crippen molar-refractivity contribution in [3.8, 4) is 28.4 Å². The van der Waals surface area contributed by atoms with Crippen LogP contribution in [0.1, 0.15) is 54.2 Å². The van der Waals surface area contributed by atoms with Crippen LogP contribution in [0, 0.1) is 0 Å². The number of carbonyl (C=O) groups is 1. The summed E-state index contributed by atoms with van der Waals surface area (Å²) >= 11 is 0. The van der Waals surface area contributed by atoms with Crippen LogP contribution in [0.4, 0.5) is 0 Å². The van der Waals surface area contributed by atoms with E-state index in [9.17, 15) is 20.1 Å². The van der Waals surface area contributed by atoms with Crippen LogP contribution >= 0.6 is 0 Å². The van der Waals surface area contributed by atoms with E-state index in [0.29, 0.717) is 17.2 Å². The molecule has 4 rings (SSSR count). The number of nitrogens with zero attached hydrogens (tertiary/aromatic N) is 5. The van der Waals surface area contributed by atoms with Gasteiger partial charge in [0.05, 0.1) is 0 Å². The van der Waals surface area contributed by atoms with Gasteiger partial charge in [-0.1, -0.05) is 43.3 Å². The Balaban J connectivity index is 1.64. The van der Waals surface area contributed by atoms with Gasteiger partial charge in [0.2, 0.25) is 0 Å². The molecule has 9 nitrogen and oxygen atoms in total. The lowest BCUT2D eigenvalue weighted by atomic mass is 10.0. The fourth-order valence-electron chi connectivity index (χ4n) is 4.69. The van der Waals surface area contributed by atoms with E-state index in [1.807, 2.05) is 38.1 Å². The zero-order valence-corrected chi connectivity index (χ0v) is 20.6. The minimum Gasteiger partial charge on any atom is -0.508 e. The van der Waals surface area contributed by atoms with Gasteiger partial charge in [0.1, 0.15) is 22.9 Å². The van der Waals surface area contributed by atoms with Gasteiger partial charge in [-0.15, -0.1) is 5.10 Å². The van der Waals surface area contributed by atoms with Crippen LogP contribution in [0.3, 0.4) is 0 Å². The largest absolute Gasteiger partial charge is 0.508 e. The van der Waals surface area contributed by atoms with E-state index in [-0.39, 0.29) is 34.5 Å². The van der Waals surface area contributed by atoms with Crippen molar-refractivity contribution in [2.24, 2.45) is 0 Å². The Bertz CT molecular complexity index is 1200. The molecule has 9 heteroatoms. The molecule has 2 aromatic carbocycles. The zero-order chi connectivity index (χ0) is 25.3. The van der Waals surface area contributed by atoms with Crippen molar-refractivity contribution in [1.29, 1.82) is 0 Å². The number of aromatic carboxylic acids is 1. The molecule has 1 saturated heterocycles. The van der Waals surface area contributed by atoms with Gasteiger partial charge in [0.25, 0.3) is 0 Å². The van der Waals surface area contributed by atoms with E-state index in [1.165, 1.54) is 10.7 Å². The van der Waals surface area contributed by atoms with Crippen molar-refractivity contribution in [3.63, 3.8) is 0 Å². The molecule has 0 atom stereocenters. The second-order valence-electron chi connectivity index (χ2n) is 9.73. The number of hydrogen-bond donors (Lipinski definition) is 3. The number of aromatic hydroxyl groups is 2. The SMILES string of the molecule is CC(C)c1cc(-n2nnc(C(=O)O)c2-c2ccc(CN3CCC(N(C)C)CC3)cc2)c(O)cc1O. The lowest BCUT2D eigenvalue weighted by Crippen LogP contribution is -2.41. The Morgan fingerprint density at radius 2 is 1.74 bits per heavy atom. The molecule has 3 N–H and O–H groups in total. The summed E-state index contributed by atoms with van der Waals surface area (Å²) in [4.78, 5) is 16.7. The maximum absolute atomic E-state index is 11.9. The van der Waals surface area contributed by atoms with Gasteiger partial charge in [0.15, 0.2) is 5.69 Å². The molecule has 1 aromatic heterocycles. The molecule has 0 aliphatic carbocycles. The molecule has 0 radical (unpaired) electrons. The van der Waals surface area contributed by atoms with Crippen LogP contribution < -0.4 is 0 Å². The quantitative estimate of drug-likeness (QED) is 0.470. The first kappa shape index (κ1) is 24.7. The lowest BCUT2D eigenvalue weighted by Gasteiger charge is -2.35. The number of rotatable bonds is 7. The third-order valence-electron chi connectivity index (χ3n) is 6.77. The van der Waals surface area contributed by atoms with Crippen LogP contribution in [0.2, 0.25) is 0 Å². The average Bonchev–Trinajstić information content (AvgIpc) is 3.25. The van der Waals surface area contributed by atoms with Crippen molar-refractivity contribution in [3.05, 3.63) is 53.2 Å². The number of phenols is 2. The minimum absolute atomic E-state index is 0.0117. The number of phenolic OH excluding ortho intramolecular Hbond substituents is 2. The molecular formula is C26H33N5O4. The van der Waals surface area contributed by atoms with E-state index < -0.39 is 5.97 Å². The highest BCUT2D eigenvalue weighted by molar-refractivity contribution is 5.93. The highest BCUT2D eigenvalue weighted by Gasteiger charge is 2.25. The minimum atomic E-state index is -1.21. The predicted octanol–water partition coefficient (Wildman–Crippen LogP) is 3.69. The highest BCUT2D eigenvalue weighted by Crippen LogP contribution is 2.36. The van der Waals surface area contributed by atoms with Crippen molar-refractivity contribution in [2.45, 2.75) is 45.2 Å². The summed E-state index contributed by atoms with van der Waals surface area (Å²) in [5, 5.41) is 38.4. The number of carboxylic acids is 1. The number of carboxylic acid groups (broad SMARTS) is 1. The summed E-state index contributed by atoms with van der Waals surface area (Å²) in [6, 6.07) is 11.2. The van der Waals surface area contributed by atoms with E-state index >= 15 is 0 Å². The van der Waals surface area contributed by atoms with Gasteiger partial charge >= 0.3 is 5.97 Å². The van der Waals surface area contributed by atoms with Crippen LogP contribution in [0.15, 0.2) is 36.4 Å². The second kappa shape index (κ2) is 10.1. The monoisotopic (exact) mass is 479 g/mol. The topological polar surface area (TPSA) is 115 Å². The summed E-state index contributed by atoms with van der Waals surface area (Å²) in [6.45, 7) is 6.76. The Morgan fingerprint density at radius 3 is 2.31 bits per heavy atom. The number of likely N-dealkylation sites (tertiary alicyclic amines) is 1. The van der Waals surface area contributed by atoms with Crippen molar-refractivity contribution in [2.75, 3.05) is 27.2 Å². The molecule has 1 aliphatic rings. The molecular weight excluding hydrogens is 446 g/mol. The first-order chi connectivity index (χ1) is 16.7. The third-order valence-corrected chi connectivity index (χ3v) is 6.77. The van der Waals surface area contributed by atoms with Crippen molar-refractivity contribution in [1.82, 2.24) is 24.8 Å². The Hall–Kier alpha value is -3.43. The molecule has 1 fully saturated rings. The Labute approximate surface area is 205 Å². The number of hydrogen-bond acceptors (Lipinski definition) is 7. The van der Waals surface area contributed by atoms with Gasteiger partial charge in [-0.05, 0) is 63.1 Å². The fourth-order valence-corrected chi connectivity index (χ4v) is 4.69. The maximum atomic E-state index is 11.9. The molecule has 0 saturated carbocycles. The van der Waals surface area contributed by atoms with E-state index in [2.05, 4.69) is 34.2 Å². The molecule has 0 bridgehead atoms. The molecule has 35 heavy (non-hydrogen) atoms. The first-order valence-corrected chi connectivity index (χ1v) is 11.9. The summed E-state index contributed by atoms with van der Waals surface area (Å²) < 4.78 is 1.32. The predicted molar refractivity (Wildman–Crippen MR) is 133 cm³/mol. The molecule has 2 heterocycles. The Morgan fingerprint density at radius 1 is 1.09 bits per heavy atom. The summed E-state index contributed by atoms with van der Waals surface area (Å²) in [5.74, 6) is -1.46. The van der Waals surface area contributed by atoms with Crippen molar-refractivity contribution < 1.29 is 20.1 Å². The first-order valence-electron chi connectivity index (χ1n) is 11.9. The highest BCUT2D eigenvalue weighted by atomic mass is 16.4. The molecule has 0 amide bonds. The number of aromatic nitrogens is 3. The second-order valence-corrected chi connectivity index (χ2v) is 9.73. The molecule has 186 valence electrons. The van der Waals surface area contributed by atoms with Gasteiger partial charge in [-0.25, -0.2) is 9.48 Å². The fraction of sp³-hybridized carbons (Fsp3) is 0.423. The number of benzene rings is 2. The summed E-state index contributed by atoms with van der Waals surface area (Å²) in [7, 11) is 4.26. The average molecular weight is 480 g/mol. The lowest BCUT2D eigenvalue weighted by molar-refractivity contribution is 0.0691. The maximum Gasteiger partial charge on any atom is 0.358 e. The third kappa shape index (κ3) is 5.16. The normalized spacial score (nSPS) is 15.3. The van der Waals surface area contributed by atoms with Crippen molar-refractivity contribution >= 4 is 5.97 Å². The summed E-state index contributed by atoms with van der Waals surface area (Å²) in [5.41, 5.74) is 2.70. The van der Waals surface area contributed by atoms with Crippen LogP contribution in [-0.2, 0) is 6.54 Å². The van der Waals surface area contributed by atoms with Crippen LogP contribution in [-0.4, -0.2) is 79.3 Å². The van der Waals surface area contributed by atoms with Crippen LogP contribution in [0.5, 0.6) is 11.5 Å². The van der Waals surface area contributed by atoms with E-state index in [1.54, 1.807) is 6.07 Å². The van der Waals surface area contributed by atoms with Gasteiger partial charge in [-0.2, -0.15) is 0 Å². The van der Waals surface area contributed by atoms with Gasteiger partial charge in [-0.3, -0.25) is 4.90 Å². The van der Waals surface area contributed by atoms with Crippen LogP contribution in [0.25, 0.3) is 16.9 Å². The van der Waals surface area contributed by atoms with Gasteiger partial charge < -0.3 is 20.2 Å². The molecule has 0 spiro atoms. The molecule has 1 aliphatic heterocycles. The van der Waals surface area contributed by atoms with E-state index in [0.717, 1.165) is 38.0 Å². The zero-order valence-electron chi connectivity index (χ0n) is 20.6. The smallest absolute Gasteiger partial charge is 0.358 e. The summed E-state index contributed by atoms with van der Waals surface area (Å²) in [6.07, 6.45) is 2.29. The standard InChI is InChI=1S/C26H33N5O4/c1-16(2)20-13-21(23(33)14-22(20)32)31-25(24(26(34)35)27-28-31)18-7-5-17(6-8-18)15-30-11-9-19(10-12-30)29(3)4/h5-8,13-14,16,19,32-33H,9-12,15H2,1-4H3,(H,34,35).